The normalized spacial score (nSPS) is 15.5. The van der Waals surface area contributed by atoms with E-state index in [0.717, 1.165) is 76.1 Å². The van der Waals surface area contributed by atoms with E-state index in [9.17, 15) is 19.5 Å². The second kappa shape index (κ2) is 29.0. The number of carboxylic acids is 1. The Morgan fingerprint density at radius 3 is 1.52 bits per heavy atom. The molecule has 1 fully saturated rings. The Hall–Kier alpha value is -4.67. The van der Waals surface area contributed by atoms with Gasteiger partial charge in [-0.15, -0.1) is 0 Å². The number of amides is 1. The Labute approximate surface area is 384 Å². The van der Waals surface area contributed by atoms with Crippen LogP contribution in [0.25, 0.3) is 0 Å². The molecule has 1 aliphatic rings. The summed E-state index contributed by atoms with van der Waals surface area (Å²) in [5.74, 6) is -1.39. The molecule has 9 heteroatoms. The highest BCUT2D eigenvalue weighted by Gasteiger charge is 2.36. The molecule has 1 amide bonds. The predicted octanol–water partition coefficient (Wildman–Crippen LogP) is 10.1. The van der Waals surface area contributed by atoms with Gasteiger partial charge < -0.3 is 24.6 Å². The largest absolute Gasteiger partial charge is 0.481 e. The summed E-state index contributed by atoms with van der Waals surface area (Å²) < 4.78 is 17.2. The molecule has 0 saturated carbocycles. The quantitative estimate of drug-likeness (QED) is 0.0641. The number of morpholine rings is 1. The number of carbonyl (C=O) groups excluding carboxylic acids is 2. The van der Waals surface area contributed by atoms with E-state index in [1.807, 2.05) is 79.7 Å². The minimum absolute atomic E-state index is 0.00184. The summed E-state index contributed by atoms with van der Waals surface area (Å²) in [6.45, 7) is 17.0. The van der Waals surface area contributed by atoms with Gasteiger partial charge in [0.25, 0.3) is 0 Å². The molecule has 0 bridgehead atoms. The number of carbonyl (C=O) groups is 3. The SMILES string of the molecule is C[C@H](COCc1ccccc1)[C@@H](CCCc1ccccc1)C(=O)C[C@H](C(=O)NCCN1CCOCC1)C(C)(C)C.C[C@H](COCc1ccccc1)[C@@H](CCCc1ccccc1)C(=O)O. The lowest BCUT2D eigenvalue weighted by Gasteiger charge is -2.32. The molecule has 0 spiro atoms. The number of benzene rings is 4. The van der Waals surface area contributed by atoms with E-state index in [1.165, 1.54) is 11.1 Å². The summed E-state index contributed by atoms with van der Waals surface area (Å²) in [4.78, 5) is 41.1. The number of aliphatic carboxylic acids is 1. The average molecular weight is 877 g/mol. The third-order valence-electron chi connectivity index (χ3n) is 12.3. The Kier molecular flexibility index (Phi) is 23.5. The molecule has 5 atom stereocenters. The van der Waals surface area contributed by atoms with Crippen LogP contribution in [0.3, 0.4) is 0 Å². The molecular weight excluding hydrogens is 801 g/mol. The van der Waals surface area contributed by atoms with Crippen LogP contribution in [0.5, 0.6) is 0 Å². The fourth-order valence-electron chi connectivity index (χ4n) is 8.29. The summed E-state index contributed by atoms with van der Waals surface area (Å²) in [5.41, 5.74) is 4.47. The number of nitrogens with zero attached hydrogens (tertiary/aromatic N) is 1. The number of ether oxygens (including phenoxy) is 3. The van der Waals surface area contributed by atoms with Crippen LogP contribution in [0.1, 0.15) is 89.0 Å². The topological polar surface area (TPSA) is 114 Å². The molecule has 4 aromatic rings. The number of hydrogen-bond acceptors (Lipinski definition) is 7. The highest BCUT2D eigenvalue weighted by atomic mass is 16.5. The third kappa shape index (κ3) is 20.0. The van der Waals surface area contributed by atoms with Gasteiger partial charge in [0.2, 0.25) is 5.91 Å². The lowest BCUT2D eigenvalue weighted by atomic mass is 9.74. The number of rotatable bonds is 26. The van der Waals surface area contributed by atoms with Gasteiger partial charge in [-0.3, -0.25) is 19.3 Å². The number of aryl methyl sites for hydroxylation is 2. The zero-order valence-electron chi connectivity index (χ0n) is 39.3. The van der Waals surface area contributed by atoms with E-state index in [0.29, 0.717) is 39.4 Å². The first-order valence-electron chi connectivity index (χ1n) is 23.5. The van der Waals surface area contributed by atoms with Crippen LogP contribution in [-0.2, 0) is 54.6 Å². The molecule has 5 rings (SSSR count). The molecule has 0 unspecified atom stereocenters. The summed E-state index contributed by atoms with van der Waals surface area (Å²) in [6.07, 6.45) is 5.39. The first-order valence-corrected chi connectivity index (χ1v) is 23.5. The number of ketones is 1. The fourth-order valence-corrected chi connectivity index (χ4v) is 8.29. The zero-order chi connectivity index (χ0) is 46.0. The Morgan fingerprint density at radius 2 is 1.08 bits per heavy atom. The minimum atomic E-state index is -0.723. The molecule has 64 heavy (non-hydrogen) atoms. The molecular formula is C55H76N2O7. The maximum absolute atomic E-state index is 13.9. The smallest absolute Gasteiger partial charge is 0.306 e. The molecule has 1 saturated heterocycles. The molecule has 348 valence electrons. The molecule has 1 heterocycles. The minimum Gasteiger partial charge on any atom is -0.481 e. The lowest BCUT2D eigenvalue weighted by molar-refractivity contribution is -0.144. The van der Waals surface area contributed by atoms with Crippen molar-refractivity contribution in [2.75, 3.05) is 52.6 Å². The average Bonchev–Trinajstić information content (AvgIpc) is 3.29. The van der Waals surface area contributed by atoms with Crippen molar-refractivity contribution in [1.29, 1.82) is 0 Å². The van der Waals surface area contributed by atoms with Gasteiger partial charge >= 0.3 is 5.97 Å². The van der Waals surface area contributed by atoms with Crippen LogP contribution in [0.2, 0.25) is 0 Å². The van der Waals surface area contributed by atoms with E-state index in [1.54, 1.807) is 0 Å². The van der Waals surface area contributed by atoms with E-state index in [2.05, 4.69) is 86.4 Å². The molecule has 2 N–H and O–H groups in total. The molecule has 0 aromatic heterocycles. The Bertz CT molecular complexity index is 1860. The number of Topliss-reactive ketones (excluding diaryl/α,β-unsaturated/α-hetero) is 1. The molecule has 0 aliphatic carbocycles. The van der Waals surface area contributed by atoms with Gasteiger partial charge in [-0.05, 0) is 78.0 Å². The standard InChI is InChI=1S/C34H50N2O4.C21H26O3/c1-27(25-40-26-29-14-9-6-10-15-29)30(17-11-16-28-12-7-5-8-13-28)32(37)24-31(34(2,3)4)33(38)35-18-19-36-20-22-39-23-21-36;1-17(15-24-16-19-11-6-3-7-12-19)20(21(22)23)14-8-13-18-9-4-2-5-10-18/h5-10,12-15,27,30-31H,11,16-26H2,1-4H3,(H,35,38);2-7,9-12,17,20H,8,13-16H2,1H3,(H,22,23)/t27-,30-,31-;17-,20-/m11/s1. The van der Waals surface area contributed by atoms with Crippen LogP contribution < -0.4 is 5.32 Å². The monoisotopic (exact) mass is 877 g/mol. The van der Waals surface area contributed by atoms with Crippen molar-refractivity contribution < 1.29 is 33.7 Å². The Balaban J connectivity index is 0.000000318. The van der Waals surface area contributed by atoms with E-state index in [4.69, 9.17) is 14.2 Å². The van der Waals surface area contributed by atoms with Crippen molar-refractivity contribution in [3.8, 4) is 0 Å². The summed E-state index contributed by atoms with van der Waals surface area (Å²) in [6, 6.07) is 40.7. The summed E-state index contributed by atoms with van der Waals surface area (Å²) in [5, 5.41) is 12.6. The lowest BCUT2D eigenvalue weighted by Crippen LogP contribution is -2.45. The van der Waals surface area contributed by atoms with Gasteiger partial charge in [-0.25, -0.2) is 0 Å². The Morgan fingerprint density at radius 1 is 0.656 bits per heavy atom. The van der Waals surface area contributed by atoms with E-state index in [-0.39, 0.29) is 53.1 Å². The van der Waals surface area contributed by atoms with Crippen LogP contribution >= 0.6 is 0 Å². The summed E-state index contributed by atoms with van der Waals surface area (Å²) >= 11 is 0. The van der Waals surface area contributed by atoms with E-state index < -0.39 is 5.97 Å². The van der Waals surface area contributed by atoms with Crippen molar-refractivity contribution in [2.24, 2.45) is 35.0 Å². The van der Waals surface area contributed by atoms with Crippen molar-refractivity contribution in [3.63, 3.8) is 0 Å². The van der Waals surface area contributed by atoms with Gasteiger partial charge in [0, 0.05) is 44.4 Å². The third-order valence-corrected chi connectivity index (χ3v) is 12.3. The van der Waals surface area contributed by atoms with Crippen LogP contribution in [0.15, 0.2) is 121 Å². The van der Waals surface area contributed by atoms with Crippen LogP contribution in [0.4, 0.5) is 0 Å². The van der Waals surface area contributed by atoms with Crippen molar-refractivity contribution in [2.45, 2.75) is 92.8 Å². The van der Waals surface area contributed by atoms with Crippen molar-refractivity contribution in [3.05, 3.63) is 144 Å². The van der Waals surface area contributed by atoms with Crippen LogP contribution in [0, 0.1) is 35.0 Å². The van der Waals surface area contributed by atoms with Gasteiger partial charge in [0.05, 0.1) is 45.6 Å². The van der Waals surface area contributed by atoms with Gasteiger partial charge in [0.1, 0.15) is 5.78 Å². The molecule has 1 aliphatic heterocycles. The first-order chi connectivity index (χ1) is 30.9. The second-order valence-corrected chi connectivity index (χ2v) is 18.6. The summed E-state index contributed by atoms with van der Waals surface area (Å²) in [7, 11) is 0. The molecule has 4 aromatic carbocycles. The van der Waals surface area contributed by atoms with Crippen molar-refractivity contribution >= 4 is 17.7 Å². The molecule has 0 radical (unpaired) electrons. The first kappa shape index (κ1) is 52.0. The maximum atomic E-state index is 13.9. The van der Waals surface area contributed by atoms with Crippen LogP contribution in [-0.4, -0.2) is 80.3 Å². The predicted molar refractivity (Wildman–Crippen MR) is 257 cm³/mol. The number of hydrogen-bond donors (Lipinski definition) is 2. The fraction of sp³-hybridized carbons (Fsp3) is 0.509. The number of carboxylic acid groups (broad SMARTS) is 1. The maximum Gasteiger partial charge on any atom is 0.306 e. The highest BCUT2D eigenvalue weighted by molar-refractivity contribution is 5.88. The van der Waals surface area contributed by atoms with Gasteiger partial charge in [-0.1, -0.05) is 156 Å². The number of nitrogens with one attached hydrogen (secondary N) is 1. The van der Waals surface area contributed by atoms with E-state index >= 15 is 0 Å². The second-order valence-electron chi connectivity index (χ2n) is 18.6. The zero-order valence-corrected chi connectivity index (χ0v) is 39.3. The molecule has 9 nitrogen and oxygen atoms in total. The highest BCUT2D eigenvalue weighted by Crippen LogP contribution is 2.33. The van der Waals surface area contributed by atoms with Crippen molar-refractivity contribution in [1.82, 2.24) is 10.2 Å². The van der Waals surface area contributed by atoms with Gasteiger partial charge in [0.15, 0.2) is 0 Å². The van der Waals surface area contributed by atoms with Gasteiger partial charge in [-0.2, -0.15) is 0 Å².